The van der Waals surface area contributed by atoms with Gasteiger partial charge in [-0.25, -0.2) is 9.78 Å². The van der Waals surface area contributed by atoms with Crippen molar-refractivity contribution in [2.24, 2.45) is 0 Å². The third kappa shape index (κ3) is 4.79. The summed E-state index contributed by atoms with van der Waals surface area (Å²) in [5, 5.41) is 14.3. The highest BCUT2D eigenvalue weighted by atomic mass is 16.4. The highest BCUT2D eigenvalue weighted by Gasteiger charge is 2.11. The first-order valence-corrected chi connectivity index (χ1v) is 8.46. The predicted molar refractivity (Wildman–Crippen MR) is 103 cm³/mol. The lowest BCUT2D eigenvalue weighted by atomic mass is 10.1. The molecule has 1 aromatic heterocycles. The minimum Gasteiger partial charge on any atom is -0.477 e. The number of hydrogen-bond donors (Lipinski definition) is 3. The zero-order valence-corrected chi connectivity index (χ0v) is 14.8. The Bertz CT molecular complexity index is 1000. The van der Waals surface area contributed by atoms with E-state index in [0.717, 1.165) is 5.56 Å². The lowest BCUT2D eigenvalue weighted by Crippen LogP contribution is -2.23. The van der Waals surface area contributed by atoms with Crippen molar-refractivity contribution < 1.29 is 19.5 Å². The minimum atomic E-state index is -1.17. The van der Waals surface area contributed by atoms with Crippen LogP contribution in [0, 0.1) is 0 Å². The first-order chi connectivity index (χ1) is 13.5. The second kappa shape index (κ2) is 8.59. The molecular formula is C21H17N3O4. The average molecular weight is 375 g/mol. The van der Waals surface area contributed by atoms with Gasteiger partial charge >= 0.3 is 5.97 Å². The van der Waals surface area contributed by atoms with E-state index in [1.165, 1.54) is 18.3 Å². The zero-order valence-electron chi connectivity index (χ0n) is 14.8. The van der Waals surface area contributed by atoms with Crippen LogP contribution < -0.4 is 10.6 Å². The van der Waals surface area contributed by atoms with Gasteiger partial charge in [0.1, 0.15) is 5.69 Å². The number of carbonyl (C=O) groups excluding carboxylic acids is 2. The Morgan fingerprint density at radius 2 is 1.64 bits per heavy atom. The minimum absolute atomic E-state index is 0.145. The predicted octanol–water partition coefficient (Wildman–Crippen LogP) is 2.96. The highest BCUT2D eigenvalue weighted by molar-refractivity contribution is 6.05. The monoisotopic (exact) mass is 375 g/mol. The number of rotatable bonds is 6. The Kier molecular flexibility index (Phi) is 5.76. The molecule has 0 fully saturated rings. The van der Waals surface area contributed by atoms with Crippen LogP contribution in [0.25, 0.3) is 0 Å². The fourth-order valence-corrected chi connectivity index (χ4v) is 2.48. The zero-order chi connectivity index (χ0) is 19.9. The maximum atomic E-state index is 12.3. The second-order valence-electron chi connectivity index (χ2n) is 5.94. The molecule has 0 aliphatic rings. The van der Waals surface area contributed by atoms with Crippen LogP contribution in [0.5, 0.6) is 0 Å². The molecule has 0 spiro atoms. The number of anilines is 1. The number of carboxylic acid groups (broad SMARTS) is 1. The van der Waals surface area contributed by atoms with Crippen molar-refractivity contribution in [2.75, 3.05) is 5.32 Å². The first-order valence-electron chi connectivity index (χ1n) is 8.46. The largest absolute Gasteiger partial charge is 0.477 e. The standard InChI is InChI=1S/C21H17N3O4/c25-19(23-12-14-5-2-1-3-6-14)15-7-4-8-17(11-15)24-20(26)16-9-10-18(21(27)28)22-13-16/h1-11,13H,12H2,(H,23,25)(H,24,26)(H,27,28). The van der Waals surface area contributed by atoms with E-state index in [1.807, 2.05) is 30.3 Å². The summed E-state index contributed by atoms with van der Waals surface area (Å²) in [6, 6.07) is 18.7. The van der Waals surface area contributed by atoms with Gasteiger partial charge in [0.05, 0.1) is 5.56 Å². The molecular weight excluding hydrogens is 358 g/mol. The molecule has 0 radical (unpaired) electrons. The van der Waals surface area contributed by atoms with E-state index >= 15 is 0 Å². The molecule has 3 N–H and O–H groups in total. The average Bonchev–Trinajstić information content (AvgIpc) is 2.73. The summed E-state index contributed by atoms with van der Waals surface area (Å²) in [4.78, 5) is 39.2. The number of carbonyl (C=O) groups is 3. The molecule has 0 aliphatic heterocycles. The van der Waals surface area contributed by atoms with Crippen LogP contribution in [0.3, 0.4) is 0 Å². The smallest absolute Gasteiger partial charge is 0.354 e. The third-order valence-electron chi connectivity index (χ3n) is 3.92. The van der Waals surface area contributed by atoms with E-state index in [1.54, 1.807) is 24.3 Å². The topological polar surface area (TPSA) is 108 Å². The summed E-state index contributed by atoms with van der Waals surface area (Å²) in [7, 11) is 0. The number of amides is 2. The summed E-state index contributed by atoms with van der Waals surface area (Å²) >= 11 is 0. The molecule has 7 heteroatoms. The van der Waals surface area contributed by atoms with Gasteiger partial charge in [-0.1, -0.05) is 36.4 Å². The van der Waals surface area contributed by atoms with Gasteiger partial charge in [0, 0.05) is 24.0 Å². The van der Waals surface area contributed by atoms with Crippen molar-refractivity contribution in [3.63, 3.8) is 0 Å². The molecule has 2 aromatic carbocycles. The van der Waals surface area contributed by atoms with Crippen molar-refractivity contribution in [3.05, 3.63) is 95.3 Å². The molecule has 0 saturated carbocycles. The second-order valence-corrected chi connectivity index (χ2v) is 5.94. The van der Waals surface area contributed by atoms with Crippen molar-refractivity contribution in [3.8, 4) is 0 Å². The van der Waals surface area contributed by atoms with Crippen LogP contribution in [0.2, 0.25) is 0 Å². The number of carboxylic acids is 1. The molecule has 140 valence electrons. The molecule has 0 atom stereocenters. The van der Waals surface area contributed by atoms with E-state index in [4.69, 9.17) is 5.11 Å². The van der Waals surface area contributed by atoms with E-state index in [-0.39, 0.29) is 17.2 Å². The summed E-state index contributed by atoms with van der Waals surface area (Å²) in [5.41, 5.74) is 1.91. The van der Waals surface area contributed by atoms with Gasteiger partial charge in [0.2, 0.25) is 0 Å². The molecule has 1 heterocycles. The lowest BCUT2D eigenvalue weighted by Gasteiger charge is -2.09. The van der Waals surface area contributed by atoms with Gasteiger partial charge in [0.15, 0.2) is 0 Å². The van der Waals surface area contributed by atoms with Gasteiger partial charge in [-0.05, 0) is 35.9 Å². The van der Waals surface area contributed by atoms with Crippen LogP contribution >= 0.6 is 0 Å². The van der Waals surface area contributed by atoms with E-state index in [9.17, 15) is 14.4 Å². The summed E-state index contributed by atoms with van der Waals surface area (Å²) in [6.45, 7) is 0.401. The fraction of sp³-hybridized carbons (Fsp3) is 0.0476. The number of nitrogens with one attached hydrogen (secondary N) is 2. The number of nitrogens with zero attached hydrogens (tertiary/aromatic N) is 1. The Morgan fingerprint density at radius 1 is 0.857 bits per heavy atom. The van der Waals surface area contributed by atoms with Crippen LogP contribution in [0.4, 0.5) is 5.69 Å². The van der Waals surface area contributed by atoms with Crippen molar-refractivity contribution in [2.45, 2.75) is 6.54 Å². The van der Waals surface area contributed by atoms with Crippen molar-refractivity contribution >= 4 is 23.5 Å². The maximum absolute atomic E-state index is 12.3. The van der Waals surface area contributed by atoms with Crippen LogP contribution in [0.1, 0.15) is 36.8 Å². The fourth-order valence-electron chi connectivity index (χ4n) is 2.48. The van der Waals surface area contributed by atoms with Gasteiger partial charge in [-0.3, -0.25) is 9.59 Å². The van der Waals surface area contributed by atoms with Gasteiger partial charge in [0.25, 0.3) is 11.8 Å². The van der Waals surface area contributed by atoms with Gasteiger partial charge < -0.3 is 15.7 Å². The summed E-state index contributed by atoms with van der Waals surface area (Å²) in [6.07, 6.45) is 1.19. The molecule has 0 unspecified atom stereocenters. The van der Waals surface area contributed by atoms with Gasteiger partial charge in [-0.15, -0.1) is 0 Å². The molecule has 3 aromatic rings. The van der Waals surface area contributed by atoms with Crippen LogP contribution in [-0.4, -0.2) is 27.9 Å². The van der Waals surface area contributed by atoms with Gasteiger partial charge in [-0.2, -0.15) is 0 Å². The molecule has 7 nitrogen and oxygen atoms in total. The molecule has 0 bridgehead atoms. The Labute approximate surface area is 161 Å². The van der Waals surface area contributed by atoms with E-state index in [0.29, 0.717) is 17.8 Å². The summed E-state index contributed by atoms with van der Waals surface area (Å²) < 4.78 is 0. The van der Waals surface area contributed by atoms with Crippen LogP contribution in [0.15, 0.2) is 72.9 Å². The molecule has 2 amide bonds. The Hall–Kier alpha value is -4.00. The first kappa shape index (κ1) is 18.8. The Balaban J connectivity index is 1.64. The van der Waals surface area contributed by atoms with Crippen molar-refractivity contribution in [1.29, 1.82) is 0 Å². The SMILES string of the molecule is O=C(NCc1ccccc1)c1cccc(NC(=O)c2ccc(C(=O)O)nc2)c1. The number of aromatic carboxylic acids is 1. The third-order valence-corrected chi connectivity index (χ3v) is 3.92. The van der Waals surface area contributed by atoms with E-state index in [2.05, 4.69) is 15.6 Å². The van der Waals surface area contributed by atoms with Crippen LogP contribution in [-0.2, 0) is 6.54 Å². The molecule has 0 saturated heterocycles. The maximum Gasteiger partial charge on any atom is 0.354 e. The molecule has 0 aliphatic carbocycles. The molecule has 28 heavy (non-hydrogen) atoms. The number of pyridine rings is 1. The van der Waals surface area contributed by atoms with Crippen molar-refractivity contribution in [1.82, 2.24) is 10.3 Å². The lowest BCUT2D eigenvalue weighted by molar-refractivity contribution is 0.0689. The Morgan fingerprint density at radius 3 is 2.32 bits per heavy atom. The van der Waals surface area contributed by atoms with E-state index < -0.39 is 11.9 Å². The number of hydrogen-bond acceptors (Lipinski definition) is 4. The highest BCUT2D eigenvalue weighted by Crippen LogP contribution is 2.13. The number of benzene rings is 2. The quantitative estimate of drug-likeness (QED) is 0.614. The normalized spacial score (nSPS) is 10.1. The summed E-state index contributed by atoms with van der Waals surface area (Å²) in [5.74, 6) is -1.88. The molecule has 3 rings (SSSR count). The number of aromatic nitrogens is 1.